The molecule has 1 N–H and O–H groups in total. The van der Waals surface area contributed by atoms with E-state index >= 15 is 0 Å². The van der Waals surface area contributed by atoms with Crippen LogP contribution in [0, 0.1) is 0 Å². The van der Waals surface area contributed by atoms with Crippen LogP contribution in [0.25, 0.3) is 0 Å². The smallest absolute Gasteiger partial charge is 0.317 e. The molecule has 0 aliphatic carbocycles. The maximum absolute atomic E-state index is 12.1. The predicted octanol–water partition coefficient (Wildman–Crippen LogP) is 4.20. The topological polar surface area (TPSA) is 68.3 Å². The number of nitrogens with one attached hydrogen (secondary N) is 1. The summed E-state index contributed by atoms with van der Waals surface area (Å²) in [5, 5.41) is 5.34. The Bertz CT molecular complexity index is 896. The van der Waals surface area contributed by atoms with Crippen LogP contribution in [0.4, 0.5) is 5.13 Å². The van der Waals surface area contributed by atoms with Crippen LogP contribution >= 0.6 is 22.9 Å². The number of hydrogen-bond acceptors (Lipinski definition) is 5. The highest BCUT2D eigenvalue weighted by Gasteiger charge is 2.12. The second kappa shape index (κ2) is 7.92. The third-order valence-corrected chi connectivity index (χ3v) is 4.20. The first kappa shape index (κ1) is 17.1. The molecule has 0 spiro atoms. The van der Waals surface area contributed by atoms with Gasteiger partial charge in [-0.3, -0.25) is 14.9 Å². The van der Waals surface area contributed by atoms with Gasteiger partial charge in [0.1, 0.15) is 5.75 Å². The van der Waals surface area contributed by atoms with Crippen LogP contribution < -0.4 is 10.1 Å². The second-order valence-electron chi connectivity index (χ2n) is 5.07. The van der Waals surface area contributed by atoms with Crippen LogP contribution in [0.1, 0.15) is 16.1 Å². The molecule has 1 amide bonds. The Morgan fingerprint density at radius 3 is 2.68 bits per heavy atom. The SMILES string of the molecule is O=C(Cc1csc(NC(=O)c2ccccc2)n1)Oc1cccc(Cl)c1. The fraction of sp³-hybridized carbons (Fsp3) is 0.0556. The van der Waals surface area contributed by atoms with E-state index in [1.54, 1.807) is 53.9 Å². The number of benzene rings is 2. The van der Waals surface area contributed by atoms with Crippen molar-refractivity contribution in [3.8, 4) is 5.75 Å². The number of rotatable bonds is 5. The van der Waals surface area contributed by atoms with Crippen LogP contribution in [-0.4, -0.2) is 16.9 Å². The van der Waals surface area contributed by atoms with Gasteiger partial charge in [0.15, 0.2) is 5.13 Å². The normalized spacial score (nSPS) is 10.3. The molecular formula is C18H13ClN2O3S. The van der Waals surface area contributed by atoms with Gasteiger partial charge in [-0.05, 0) is 30.3 Å². The molecule has 126 valence electrons. The summed E-state index contributed by atoms with van der Waals surface area (Å²) in [4.78, 5) is 28.3. The molecule has 5 nitrogen and oxygen atoms in total. The molecule has 3 aromatic rings. The number of halogens is 1. The van der Waals surface area contributed by atoms with Crippen molar-refractivity contribution in [3.05, 3.63) is 76.3 Å². The summed E-state index contributed by atoms with van der Waals surface area (Å²) in [5.41, 5.74) is 1.07. The quantitative estimate of drug-likeness (QED) is 0.538. The number of esters is 1. The number of thiazole rings is 1. The molecular weight excluding hydrogens is 360 g/mol. The molecule has 0 radical (unpaired) electrons. The zero-order chi connectivity index (χ0) is 17.6. The number of carbonyl (C=O) groups excluding carboxylic acids is 2. The number of hydrogen-bond donors (Lipinski definition) is 1. The Balaban J connectivity index is 1.58. The summed E-state index contributed by atoms with van der Waals surface area (Å²) < 4.78 is 5.21. The number of ether oxygens (including phenoxy) is 1. The lowest BCUT2D eigenvalue weighted by Crippen LogP contribution is -2.13. The van der Waals surface area contributed by atoms with Gasteiger partial charge in [-0.15, -0.1) is 11.3 Å². The first-order valence-corrected chi connectivity index (χ1v) is 8.63. The van der Waals surface area contributed by atoms with E-state index in [9.17, 15) is 9.59 Å². The first-order chi connectivity index (χ1) is 12.1. The summed E-state index contributed by atoms with van der Waals surface area (Å²) in [6.07, 6.45) is 0.00419. The number of amides is 1. The molecule has 3 rings (SSSR count). The molecule has 1 heterocycles. The lowest BCUT2D eigenvalue weighted by atomic mass is 10.2. The number of aromatic nitrogens is 1. The Labute approximate surface area is 153 Å². The van der Waals surface area contributed by atoms with E-state index in [-0.39, 0.29) is 12.3 Å². The molecule has 1 aromatic heterocycles. The lowest BCUT2D eigenvalue weighted by Gasteiger charge is -2.03. The average molecular weight is 373 g/mol. The first-order valence-electron chi connectivity index (χ1n) is 7.37. The maximum atomic E-state index is 12.1. The molecule has 0 aliphatic rings. The van der Waals surface area contributed by atoms with Crippen molar-refractivity contribution in [1.82, 2.24) is 4.98 Å². The molecule has 0 bridgehead atoms. The molecule has 0 fully saturated rings. The van der Waals surface area contributed by atoms with Gasteiger partial charge in [0, 0.05) is 16.0 Å². The zero-order valence-electron chi connectivity index (χ0n) is 12.9. The van der Waals surface area contributed by atoms with Gasteiger partial charge in [0.2, 0.25) is 0 Å². The average Bonchev–Trinajstić information content (AvgIpc) is 3.02. The summed E-state index contributed by atoms with van der Waals surface area (Å²) in [6.45, 7) is 0. The van der Waals surface area contributed by atoms with Crippen LogP contribution in [0.5, 0.6) is 5.75 Å². The highest BCUT2D eigenvalue weighted by molar-refractivity contribution is 7.14. The summed E-state index contributed by atoms with van der Waals surface area (Å²) in [6, 6.07) is 15.4. The van der Waals surface area contributed by atoms with Gasteiger partial charge in [-0.25, -0.2) is 4.98 Å². The molecule has 0 saturated heterocycles. The largest absolute Gasteiger partial charge is 0.426 e. The second-order valence-corrected chi connectivity index (χ2v) is 6.37. The minimum Gasteiger partial charge on any atom is -0.426 e. The molecule has 0 atom stereocenters. The summed E-state index contributed by atoms with van der Waals surface area (Å²) in [7, 11) is 0. The van der Waals surface area contributed by atoms with Gasteiger partial charge in [0.05, 0.1) is 12.1 Å². The fourth-order valence-electron chi connectivity index (χ4n) is 2.05. The molecule has 0 saturated carbocycles. The van der Waals surface area contributed by atoms with Crippen LogP contribution in [-0.2, 0) is 11.2 Å². The van der Waals surface area contributed by atoms with Crippen molar-refractivity contribution in [1.29, 1.82) is 0 Å². The van der Waals surface area contributed by atoms with E-state index in [0.29, 0.717) is 27.2 Å². The van der Waals surface area contributed by atoms with Crippen LogP contribution in [0.3, 0.4) is 0 Å². The van der Waals surface area contributed by atoms with Gasteiger partial charge >= 0.3 is 5.97 Å². The van der Waals surface area contributed by atoms with Gasteiger partial charge < -0.3 is 4.74 Å². The van der Waals surface area contributed by atoms with E-state index in [1.165, 1.54) is 11.3 Å². The number of anilines is 1. The fourth-order valence-corrected chi connectivity index (χ4v) is 2.94. The third kappa shape index (κ3) is 4.89. The van der Waals surface area contributed by atoms with E-state index in [1.807, 2.05) is 6.07 Å². The predicted molar refractivity (Wildman–Crippen MR) is 97.3 cm³/mol. The van der Waals surface area contributed by atoms with Crippen molar-refractivity contribution in [2.75, 3.05) is 5.32 Å². The van der Waals surface area contributed by atoms with E-state index in [2.05, 4.69) is 10.3 Å². The molecule has 25 heavy (non-hydrogen) atoms. The summed E-state index contributed by atoms with van der Waals surface area (Å²) in [5.74, 6) is -0.318. The maximum Gasteiger partial charge on any atom is 0.317 e. The van der Waals surface area contributed by atoms with Crippen LogP contribution in [0.15, 0.2) is 60.0 Å². The number of nitrogens with zero attached hydrogens (tertiary/aromatic N) is 1. The van der Waals surface area contributed by atoms with Gasteiger partial charge in [-0.1, -0.05) is 35.9 Å². The zero-order valence-corrected chi connectivity index (χ0v) is 14.5. The standard InChI is InChI=1S/C18H13ClN2O3S/c19-13-7-4-8-15(9-13)24-16(22)10-14-11-25-18(20-14)21-17(23)12-5-2-1-3-6-12/h1-9,11H,10H2,(H,20,21,23). The Kier molecular flexibility index (Phi) is 5.42. The number of carbonyl (C=O) groups is 2. The van der Waals surface area contributed by atoms with Crippen molar-refractivity contribution >= 4 is 39.9 Å². The minimum atomic E-state index is -0.450. The lowest BCUT2D eigenvalue weighted by molar-refractivity contribution is -0.133. The molecule has 7 heteroatoms. The highest BCUT2D eigenvalue weighted by Crippen LogP contribution is 2.20. The van der Waals surface area contributed by atoms with E-state index in [0.717, 1.165) is 0 Å². The van der Waals surface area contributed by atoms with E-state index < -0.39 is 5.97 Å². The van der Waals surface area contributed by atoms with Crippen molar-refractivity contribution in [3.63, 3.8) is 0 Å². The highest BCUT2D eigenvalue weighted by atomic mass is 35.5. The molecule has 0 aliphatic heterocycles. The van der Waals surface area contributed by atoms with Gasteiger partial charge in [-0.2, -0.15) is 0 Å². The Morgan fingerprint density at radius 2 is 1.92 bits per heavy atom. The van der Waals surface area contributed by atoms with Crippen molar-refractivity contribution in [2.24, 2.45) is 0 Å². The van der Waals surface area contributed by atoms with Crippen molar-refractivity contribution in [2.45, 2.75) is 6.42 Å². The molecule has 0 unspecified atom stereocenters. The van der Waals surface area contributed by atoms with Crippen LogP contribution in [0.2, 0.25) is 5.02 Å². The Hall–Kier alpha value is -2.70. The molecule has 2 aromatic carbocycles. The Morgan fingerprint density at radius 1 is 1.12 bits per heavy atom. The third-order valence-electron chi connectivity index (χ3n) is 3.16. The monoisotopic (exact) mass is 372 g/mol. The van der Waals surface area contributed by atoms with Gasteiger partial charge in [0.25, 0.3) is 5.91 Å². The van der Waals surface area contributed by atoms with Crippen molar-refractivity contribution < 1.29 is 14.3 Å². The van der Waals surface area contributed by atoms with E-state index in [4.69, 9.17) is 16.3 Å². The minimum absolute atomic E-state index is 0.00419. The summed E-state index contributed by atoms with van der Waals surface area (Å²) >= 11 is 7.10.